The molecule has 3 heterocycles. The minimum atomic E-state index is -0.720. The highest BCUT2D eigenvalue weighted by atomic mass is 16.2. The van der Waals surface area contributed by atoms with E-state index in [2.05, 4.69) is 10.2 Å². The molecule has 0 aromatic heterocycles. The summed E-state index contributed by atoms with van der Waals surface area (Å²) in [6.45, 7) is 4.82. The summed E-state index contributed by atoms with van der Waals surface area (Å²) < 4.78 is 0. The van der Waals surface area contributed by atoms with Crippen LogP contribution < -0.4 is 5.32 Å². The Morgan fingerprint density at radius 1 is 1.07 bits per heavy atom. The Labute approximate surface area is 172 Å². The number of nitrogens with one attached hydrogen (secondary N) is 1. The van der Waals surface area contributed by atoms with E-state index in [-0.39, 0.29) is 23.9 Å². The Kier molecular flexibility index (Phi) is 5.34. The molecular formula is C22H30N4O3. The minimum absolute atomic E-state index is 0.0694. The van der Waals surface area contributed by atoms with Crippen LogP contribution in [0.4, 0.5) is 4.79 Å². The van der Waals surface area contributed by atoms with E-state index in [1.807, 2.05) is 43.1 Å². The number of urea groups is 1. The first-order valence-corrected chi connectivity index (χ1v) is 10.6. The molecule has 1 N–H and O–H groups in total. The summed E-state index contributed by atoms with van der Waals surface area (Å²) in [6.07, 6.45) is 3.02. The third-order valence-electron chi connectivity index (χ3n) is 6.69. The number of carbonyl (C=O) groups excluding carboxylic acids is 3. The van der Waals surface area contributed by atoms with Crippen molar-refractivity contribution in [2.24, 2.45) is 0 Å². The summed E-state index contributed by atoms with van der Waals surface area (Å²) >= 11 is 0. The van der Waals surface area contributed by atoms with Crippen molar-refractivity contribution in [3.05, 3.63) is 35.4 Å². The van der Waals surface area contributed by atoms with Crippen molar-refractivity contribution < 1.29 is 14.4 Å². The Morgan fingerprint density at radius 3 is 2.31 bits per heavy atom. The minimum Gasteiger partial charge on any atom is -0.342 e. The second-order valence-corrected chi connectivity index (χ2v) is 8.77. The zero-order valence-corrected chi connectivity index (χ0v) is 17.3. The van der Waals surface area contributed by atoms with Crippen LogP contribution in [-0.4, -0.2) is 77.4 Å². The van der Waals surface area contributed by atoms with Gasteiger partial charge in [0.05, 0.1) is 6.42 Å². The fraction of sp³-hybridized carbons (Fsp3) is 0.591. The van der Waals surface area contributed by atoms with E-state index in [1.165, 1.54) is 10.5 Å². The first kappa shape index (κ1) is 19.9. The van der Waals surface area contributed by atoms with Gasteiger partial charge in [0.15, 0.2) is 0 Å². The van der Waals surface area contributed by atoms with Gasteiger partial charge in [-0.2, -0.15) is 0 Å². The van der Waals surface area contributed by atoms with Crippen molar-refractivity contribution in [3.8, 4) is 0 Å². The molecule has 156 valence electrons. The average molecular weight is 399 g/mol. The lowest BCUT2D eigenvalue weighted by atomic mass is 9.87. The summed E-state index contributed by atoms with van der Waals surface area (Å²) in [5.74, 6) is 0.0383. The molecule has 0 aliphatic carbocycles. The SMILES string of the molecule is Cc1ccc(CC(=O)N2CCC(N3C(=O)NC4(CCN(C)CC4)C3=O)CC2)cc1. The molecule has 1 aromatic carbocycles. The third-order valence-corrected chi connectivity index (χ3v) is 6.69. The maximum atomic E-state index is 13.1. The summed E-state index contributed by atoms with van der Waals surface area (Å²) in [5, 5.41) is 2.99. The van der Waals surface area contributed by atoms with Crippen LogP contribution in [0, 0.1) is 6.92 Å². The van der Waals surface area contributed by atoms with Crippen molar-refractivity contribution in [1.82, 2.24) is 20.0 Å². The van der Waals surface area contributed by atoms with Gasteiger partial charge in [-0.25, -0.2) is 4.79 Å². The maximum absolute atomic E-state index is 13.1. The van der Waals surface area contributed by atoms with Crippen LogP contribution in [0.15, 0.2) is 24.3 Å². The molecule has 3 aliphatic heterocycles. The topological polar surface area (TPSA) is 73.0 Å². The van der Waals surface area contributed by atoms with Crippen LogP contribution in [0.3, 0.4) is 0 Å². The number of imide groups is 1. The van der Waals surface area contributed by atoms with Crippen LogP contribution in [0.2, 0.25) is 0 Å². The number of amides is 4. The molecule has 29 heavy (non-hydrogen) atoms. The predicted molar refractivity (Wildman–Crippen MR) is 109 cm³/mol. The molecule has 0 unspecified atom stereocenters. The number of nitrogens with zero attached hydrogens (tertiary/aromatic N) is 3. The standard InChI is InChI=1S/C22H30N4O3/c1-16-3-5-17(6-4-16)15-19(27)25-11-7-18(8-12-25)26-20(28)22(23-21(26)29)9-13-24(2)14-10-22/h3-6,18H,7-15H2,1-2H3,(H,23,29). The first-order valence-electron chi connectivity index (χ1n) is 10.6. The molecule has 0 bridgehead atoms. The summed E-state index contributed by atoms with van der Waals surface area (Å²) in [4.78, 5) is 43.9. The van der Waals surface area contributed by atoms with Crippen molar-refractivity contribution in [1.29, 1.82) is 0 Å². The van der Waals surface area contributed by atoms with Crippen molar-refractivity contribution >= 4 is 17.8 Å². The molecule has 1 spiro atoms. The van der Waals surface area contributed by atoms with Gasteiger partial charge in [0.1, 0.15) is 5.54 Å². The molecule has 1 aromatic rings. The van der Waals surface area contributed by atoms with Gasteiger partial charge in [-0.05, 0) is 45.2 Å². The summed E-state index contributed by atoms with van der Waals surface area (Å²) in [7, 11) is 2.04. The Bertz CT molecular complexity index is 791. The van der Waals surface area contributed by atoms with E-state index < -0.39 is 5.54 Å². The molecule has 3 saturated heterocycles. The molecule has 3 fully saturated rings. The van der Waals surface area contributed by atoms with Gasteiger partial charge < -0.3 is 15.1 Å². The van der Waals surface area contributed by atoms with Crippen LogP contribution in [0.5, 0.6) is 0 Å². The molecule has 4 rings (SSSR count). The average Bonchev–Trinajstić information content (AvgIpc) is 2.96. The second-order valence-electron chi connectivity index (χ2n) is 8.77. The number of benzene rings is 1. The molecule has 3 aliphatic rings. The number of rotatable bonds is 3. The Morgan fingerprint density at radius 2 is 1.69 bits per heavy atom. The zero-order valence-electron chi connectivity index (χ0n) is 17.3. The van der Waals surface area contributed by atoms with Crippen LogP contribution >= 0.6 is 0 Å². The highest BCUT2D eigenvalue weighted by Gasteiger charge is 2.54. The predicted octanol–water partition coefficient (Wildman–Crippen LogP) is 1.54. The van der Waals surface area contributed by atoms with Gasteiger partial charge in [-0.15, -0.1) is 0 Å². The van der Waals surface area contributed by atoms with E-state index in [0.29, 0.717) is 45.2 Å². The Hall–Kier alpha value is -2.41. The van der Waals surface area contributed by atoms with Crippen molar-refractivity contribution in [2.75, 3.05) is 33.2 Å². The number of hydrogen-bond acceptors (Lipinski definition) is 4. The third kappa shape index (κ3) is 3.88. The number of piperidine rings is 2. The van der Waals surface area contributed by atoms with Crippen LogP contribution in [0.1, 0.15) is 36.8 Å². The lowest BCUT2D eigenvalue weighted by Gasteiger charge is -2.37. The smallest absolute Gasteiger partial charge is 0.325 e. The van der Waals surface area contributed by atoms with E-state index in [1.54, 1.807) is 0 Å². The number of aryl methyl sites for hydroxylation is 1. The monoisotopic (exact) mass is 398 g/mol. The number of likely N-dealkylation sites (tertiary alicyclic amines) is 2. The second kappa shape index (κ2) is 7.78. The first-order chi connectivity index (χ1) is 13.9. The van der Waals surface area contributed by atoms with Gasteiger partial charge in [0, 0.05) is 32.2 Å². The van der Waals surface area contributed by atoms with Gasteiger partial charge in [0.25, 0.3) is 5.91 Å². The molecule has 0 atom stereocenters. The summed E-state index contributed by atoms with van der Waals surface area (Å²) in [6, 6.07) is 7.65. The molecule has 4 amide bonds. The van der Waals surface area contributed by atoms with E-state index >= 15 is 0 Å². The number of carbonyl (C=O) groups is 3. The van der Waals surface area contributed by atoms with E-state index in [0.717, 1.165) is 18.7 Å². The lowest BCUT2D eigenvalue weighted by molar-refractivity contribution is -0.136. The zero-order chi connectivity index (χ0) is 20.6. The van der Waals surface area contributed by atoms with Gasteiger partial charge in [-0.1, -0.05) is 29.8 Å². The quantitative estimate of drug-likeness (QED) is 0.784. The van der Waals surface area contributed by atoms with Crippen LogP contribution in [-0.2, 0) is 16.0 Å². The molecule has 7 heteroatoms. The van der Waals surface area contributed by atoms with E-state index in [4.69, 9.17) is 0 Å². The maximum Gasteiger partial charge on any atom is 0.325 e. The largest absolute Gasteiger partial charge is 0.342 e. The van der Waals surface area contributed by atoms with Crippen molar-refractivity contribution in [2.45, 2.75) is 50.6 Å². The van der Waals surface area contributed by atoms with Gasteiger partial charge in [0.2, 0.25) is 5.91 Å². The van der Waals surface area contributed by atoms with Crippen LogP contribution in [0.25, 0.3) is 0 Å². The van der Waals surface area contributed by atoms with E-state index in [9.17, 15) is 14.4 Å². The van der Waals surface area contributed by atoms with Gasteiger partial charge in [-0.3, -0.25) is 14.5 Å². The normalized spacial score (nSPS) is 23.0. The Balaban J connectivity index is 1.34. The van der Waals surface area contributed by atoms with Gasteiger partial charge >= 0.3 is 6.03 Å². The van der Waals surface area contributed by atoms with Crippen molar-refractivity contribution in [3.63, 3.8) is 0 Å². The summed E-state index contributed by atoms with van der Waals surface area (Å²) in [5.41, 5.74) is 1.47. The highest BCUT2D eigenvalue weighted by molar-refractivity contribution is 6.07. The highest BCUT2D eigenvalue weighted by Crippen LogP contribution is 2.32. The fourth-order valence-corrected chi connectivity index (χ4v) is 4.68. The fourth-order valence-electron chi connectivity index (χ4n) is 4.68. The molecule has 7 nitrogen and oxygen atoms in total. The molecule has 0 saturated carbocycles. The number of hydrogen-bond donors (Lipinski definition) is 1. The molecular weight excluding hydrogens is 368 g/mol. The lowest BCUT2D eigenvalue weighted by Crippen LogP contribution is -2.55. The molecule has 0 radical (unpaired) electrons.